The van der Waals surface area contributed by atoms with Crippen LogP contribution in [0.5, 0.6) is 0 Å². The molecule has 0 aromatic carbocycles. The number of nitrogens with zero attached hydrogens (tertiary/aromatic N) is 1. The van der Waals surface area contributed by atoms with E-state index in [1.165, 1.54) is 17.9 Å². The third kappa shape index (κ3) is 3.03. The predicted molar refractivity (Wildman–Crippen MR) is 79.1 cm³/mol. The second-order valence-corrected chi connectivity index (χ2v) is 7.70. The van der Waals surface area contributed by atoms with Gasteiger partial charge in [0, 0.05) is 37.1 Å². The van der Waals surface area contributed by atoms with Crippen molar-refractivity contribution in [1.82, 2.24) is 4.90 Å². The minimum atomic E-state index is 0.189. The lowest BCUT2D eigenvalue weighted by atomic mass is 9.78. The van der Waals surface area contributed by atoms with Crippen molar-refractivity contribution in [3.05, 3.63) is 0 Å². The topological polar surface area (TPSA) is 38.5 Å². The Morgan fingerprint density at radius 2 is 1.94 bits per heavy atom. The zero-order chi connectivity index (χ0) is 13.2. The second kappa shape index (κ2) is 5.70. The molecular weight excluding hydrogens is 244 g/mol. The van der Waals surface area contributed by atoms with Crippen LogP contribution in [0.2, 0.25) is 0 Å². The van der Waals surface area contributed by atoms with Crippen LogP contribution in [0.25, 0.3) is 0 Å². The standard InChI is InChI=1S/C14H28N2OS/c1-13(2)8-14(9-15,11-18-10-13)16(3)12-4-6-17-7-5-12/h12H,4-11,15H2,1-3H3. The molecule has 0 spiro atoms. The van der Waals surface area contributed by atoms with Crippen molar-refractivity contribution in [2.45, 2.75) is 44.7 Å². The van der Waals surface area contributed by atoms with Crippen LogP contribution in [0, 0.1) is 5.41 Å². The van der Waals surface area contributed by atoms with Crippen molar-refractivity contribution in [3.63, 3.8) is 0 Å². The van der Waals surface area contributed by atoms with Crippen LogP contribution in [-0.2, 0) is 4.74 Å². The van der Waals surface area contributed by atoms with Gasteiger partial charge >= 0.3 is 0 Å². The molecule has 2 aliphatic heterocycles. The fourth-order valence-corrected chi connectivity index (χ4v) is 5.03. The van der Waals surface area contributed by atoms with Gasteiger partial charge in [-0.25, -0.2) is 0 Å². The molecule has 0 aromatic heterocycles. The van der Waals surface area contributed by atoms with Crippen LogP contribution in [0.1, 0.15) is 33.1 Å². The van der Waals surface area contributed by atoms with Gasteiger partial charge in [0.15, 0.2) is 0 Å². The summed E-state index contributed by atoms with van der Waals surface area (Å²) in [6.45, 7) is 7.35. The maximum atomic E-state index is 6.18. The molecule has 4 heteroatoms. The summed E-state index contributed by atoms with van der Waals surface area (Å²) in [5.74, 6) is 2.44. The third-order valence-corrected chi connectivity index (χ3v) is 6.26. The van der Waals surface area contributed by atoms with Gasteiger partial charge in [0.1, 0.15) is 0 Å². The molecule has 2 N–H and O–H groups in total. The number of rotatable bonds is 3. The van der Waals surface area contributed by atoms with E-state index in [2.05, 4.69) is 37.6 Å². The largest absolute Gasteiger partial charge is 0.381 e. The zero-order valence-electron chi connectivity index (χ0n) is 12.1. The molecule has 1 unspecified atom stereocenters. The summed E-state index contributed by atoms with van der Waals surface area (Å²) in [5, 5.41) is 0. The summed E-state index contributed by atoms with van der Waals surface area (Å²) in [5.41, 5.74) is 6.77. The van der Waals surface area contributed by atoms with E-state index < -0.39 is 0 Å². The zero-order valence-corrected chi connectivity index (χ0v) is 12.9. The highest BCUT2D eigenvalue weighted by Crippen LogP contribution is 2.42. The van der Waals surface area contributed by atoms with Crippen molar-refractivity contribution in [3.8, 4) is 0 Å². The maximum absolute atomic E-state index is 6.18. The maximum Gasteiger partial charge on any atom is 0.0480 e. The summed E-state index contributed by atoms with van der Waals surface area (Å²) in [6.07, 6.45) is 3.53. The highest BCUT2D eigenvalue weighted by Gasteiger charge is 2.44. The first-order valence-electron chi connectivity index (χ1n) is 7.08. The van der Waals surface area contributed by atoms with Gasteiger partial charge < -0.3 is 10.5 Å². The van der Waals surface area contributed by atoms with E-state index in [0.29, 0.717) is 11.5 Å². The Balaban J connectivity index is 2.10. The number of hydrogen-bond donors (Lipinski definition) is 1. The molecule has 0 amide bonds. The molecule has 3 nitrogen and oxygen atoms in total. The number of ether oxygens (including phenoxy) is 1. The Morgan fingerprint density at radius 3 is 2.50 bits per heavy atom. The second-order valence-electron chi connectivity index (χ2n) is 6.72. The average Bonchev–Trinajstić information content (AvgIpc) is 2.37. The monoisotopic (exact) mass is 272 g/mol. The first kappa shape index (κ1) is 14.6. The quantitative estimate of drug-likeness (QED) is 0.852. The predicted octanol–water partition coefficient (Wildman–Crippen LogP) is 1.96. The van der Waals surface area contributed by atoms with E-state index in [1.807, 2.05) is 0 Å². The molecule has 2 saturated heterocycles. The fourth-order valence-electron chi connectivity index (χ4n) is 3.47. The SMILES string of the molecule is CN(C1CCOCC1)C1(CN)CSCC(C)(C)C1. The molecule has 2 fully saturated rings. The van der Waals surface area contributed by atoms with Crippen LogP contribution in [-0.4, -0.2) is 54.8 Å². The van der Waals surface area contributed by atoms with Gasteiger partial charge in [-0.05, 0) is 37.5 Å². The average molecular weight is 272 g/mol. The molecule has 0 aromatic rings. The van der Waals surface area contributed by atoms with Gasteiger partial charge in [-0.2, -0.15) is 11.8 Å². The summed E-state index contributed by atoms with van der Waals surface area (Å²) in [6, 6.07) is 0.650. The summed E-state index contributed by atoms with van der Waals surface area (Å²) < 4.78 is 5.48. The number of nitrogens with two attached hydrogens (primary N) is 1. The Bertz CT molecular complexity index is 279. The normalized spacial score (nSPS) is 33.8. The molecule has 18 heavy (non-hydrogen) atoms. The lowest BCUT2D eigenvalue weighted by Crippen LogP contribution is -2.62. The van der Waals surface area contributed by atoms with E-state index >= 15 is 0 Å². The minimum Gasteiger partial charge on any atom is -0.381 e. The fraction of sp³-hybridized carbons (Fsp3) is 1.00. The molecular formula is C14H28N2OS. The lowest BCUT2D eigenvalue weighted by molar-refractivity contribution is -0.00878. The first-order chi connectivity index (χ1) is 8.49. The van der Waals surface area contributed by atoms with Crippen molar-refractivity contribution in [1.29, 1.82) is 0 Å². The van der Waals surface area contributed by atoms with Gasteiger partial charge in [-0.1, -0.05) is 13.8 Å². The molecule has 106 valence electrons. The summed E-state index contributed by atoms with van der Waals surface area (Å²) in [7, 11) is 2.28. The molecule has 0 saturated carbocycles. The highest BCUT2D eigenvalue weighted by molar-refractivity contribution is 7.99. The van der Waals surface area contributed by atoms with Crippen molar-refractivity contribution in [2.24, 2.45) is 11.1 Å². The summed E-state index contributed by atoms with van der Waals surface area (Å²) in [4.78, 5) is 2.59. The Morgan fingerprint density at radius 1 is 1.28 bits per heavy atom. The van der Waals surface area contributed by atoms with Crippen LogP contribution < -0.4 is 5.73 Å². The molecule has 2 rings (SSSR count). The van der Waals surface area contributed by atoms with Crippen molar-refractivity contribution < 1.29 is 4.74 Å². The number of likely N-dealkylation sites (N-methyl/N-ethyl adjacent to an activating group) is 1. The van der Waals surface area contributed by atoms with Crippen molar-refractivity contribution >= 4 is 11.8 Å². The Hall–Kier alpha value is 0.230. The van der Waals surface area contributed by atoms with Gasteiger partial charge in [-0.3, -0.25) is 4.90 Å². The number of thioether (sulfide) groups is 1. The number of hydrogen-bond acceptors (Lipinski definition) is 4. The van der Waals surface area contributed by atoms with Gasteiger partial charge in [0.25, 0.3) is 0 Å². The smallest absolute Gasteiger partial charge is 0.0480 e. The van der Waals surface area contributed by atoms with Gasteiger partial charge in [-0.15, -0.1) is 0 Å². The van der Waals surface area contributed by atoms with Crippen LogP contribution >= 0.6 is 11.8 Å². The minimum absolute atomic E-state index is 0.189. The third-order valence-electron chi connectivity index (χ3n) is 4.54. The Labute approximate surface area is 116 Å². The Kier molecular flexibility index (Phi) is 4.63. The van der Waals surface area contributed by atoms with Crippen LogP contribution in [0.3, 0.4) is 0 Å². The lowest BCUT2D eigenvalue weighted by Gasteiger charge is -2.52. The van der Waals surface area contributed by atoms with Gasteiger partial charge in [0.2, 0.25) is 0 Å². The van der Waals surface area contributed by atoms with E-state index in [-0.39, 0.29) is 5.54 Å². The highest BCUT2D eigenvalue weighted by atomic mass is 32.2. The van der Waals surface area contributed by atoms with Crippen molar-refractivity contribution in [2.75, 3.05) is 38.3 Å². The molecule has 2 aliphatic rings. The molecule has 1 atom stereocenters. The van der Waals surface area contributed by atoms with Crippen LogP contribution in [0.15, 0.2) is 0 Å². The summed E-state index contributed by atoms with van der Waals surface area (Å²) >= 11 is 2.07. The van der Waals surface area contributed by atoms with Gasteiger partial charge in [0.05, 0.1) is 0 Å². The van der Waals surface area contributed by atoms with E-state index in [9.17, 15) is 0 Å². The van der Waals surface area contributed by atoms with Crippen LogP contribution in [0.4, 0.5) is 0 Å². The van der Waals surface area contributed by atoms with E-state index in [1.54, 1.807) is 0 Å². The molecule has 0 radical (unpaired) electrons. The first-order valence-corrected chi connectivity index (χ1v) is 8.23. The molecule has 2 heterocycles. The van der Waals surface area contributed by atoms with E-state index in [0.717, 1.165) is 32.6 Å². The molecule has 0 aliphatic carbocycles. The molecule has 0 bridgehead atoms. The van der Waals surface area contributed by atoms with E-state index in [4.69, 9.17) is 10.5 Å².